The Morgan fingerprint density at radius 1 is 0.886 bits per heavy atom. The van der Waals surface area contributed by atoms with Crippen LogP contribution in [0.4, 0.5) is 0 Å². The summed E-state index contributed by atoms with van der Waals surface area (Å²) in [6, 6.07) is 24.1. The van der Waals surface area contributed by atoms with Crippen LogP contribution in [-0.2, 0) is 0 Å². The number of para-hydroxylation sites is 1. The van der Waals surface area contributed by atoms with Crippen LogP contribution >= 0.6 is 11.8 Å². The molecular weight excluding hydrogens is 466 g/mol. The van der Waals surface area contributed by atoms with Crippen molar-refractivity contribution in [2.75, 3.05) is 7.11 Å². The van der Waals surface area contributed by atoms with E-state index in [9.17, 15) is 19.8 Å². The lowest BCUT2D eigenvalue weighted by Gasteiger charge is -2.16. The Morgan fingerprint density at radius 3 is 2.26 bits per heavy atom. The summed E-state index contributed by atoms with van der Waals surface area (Å²) in [4.78, 5) is 26.8. The summed E-state index contributed by atoms with van der Waals surface area (Å²) < 4.78 is 12.2. The van der Waals surface area contributed by atoms with E-state index < -0.39 is 16.9 Å². The zero-order chi connectivity index (χ0) is 24.5. The highest BCUT2D eigenvalue weighted by atomic mass is 32.2. The molecule has 174 valence electrons. The fourth-order valence-corrected chi connectivity index (χ4v) is 4.66. The van der Waals surface area contributed by atoms with E-state index in [-0.39, 0.29) is 21.6 Å². The number of nitrogens with zero attached hydrogens (tertiary/aromatic N) is 1. The summed E-state index contributed by atoms with van der Waals surface area (Å²) in [6.45, 7) is 0. The predicted octanol–water partition coefficient (Wildman–Crippen LogP) is 5.18. The number of phenolic OH excluding ortho intramolecular Hbond substituents is 1. The number of aromatic hydroxyl groups is 2. The van der Waals surface area contributed by atoms with Crippen LogP contribution in [0.2, 0.25) is 0 Å². The first-order valence-corrected chi connectivity index (χ1v) is 11.4. The molecule has 7 nitrogen and oxygen atoms in total. The summed E-state index contributed by atoms with van der Waals surface area (Å²) in [7, 11) is 1.55. The van der Waals surface area contributed by atoms with Crippen molar-refractivity contribution in [1.29, 1.82) is 0 Å². The molecule has 3 aromatic carbocycles. The normalized spacial score (nSPS) is 11.0. The van der Waals surface area contributed by atoms with Crippen molar-refractivity contribution in [3.63, 3.8) is 0 Å². The van der Waals surface area contributed by atoms with Crippen molar-refractivity contribution in [3.05, 3.63) is 106 Å². The lowest BCUT2D eigenvalue weighted by atomic mass is 10.1. The van der Waals surface area contributed by atoms with E-state index in [2.05, 4.69) is 0 Å². The molecule has 5 aromatic rings. The first-order valence-electron chi connectivity index (χ1n) is 10.6. The van der Waals surface area contributed by atoms with Crippen LogP contribution in [0.1, 0.15) is 0 Å². The van der Waals surface area contributed by atoms with Crippen LogP contribution in [-0.4, -0.2) is 21.9 Å². The molecule has 2 N–H and O–H groups in total. The number of aromatic nitrogens is 1. The Balaban J connectivity index is 1.80. The molecule has 0 saturated carbocycles. The molecule has 5 rings (SSSR count). The van der Waals surface area contributed by atoms with Crippen LogP contribution in [0.3, 0.4) is 0 Å². The van der Waals surface area contributed by atoms with Crippen molar-refractivity contribution < 1.29 is 19.4 Å². The van der Waals surface area contributed by atoms with Gasteiger partial charge in [0.15, 0.2) is 5.75 Å². The monoisotopic (exact) mass is 485 g/mol. The molecule has 2 aromatic heterocycles. The van der Waals surface area contributed by atoms with E-state index in [1.807, 2.05) is 30.3 Å². The number of hydrogen-bond donors (Lipinski definition) is 2. The molecule has 35 heavy (non-hydrogen) atoms. The number of phenols is 1. The first-order chi connectivity index (χ1) is 17.0. The molecular formula is C27H19NO6S. The molecule has 0 radical (unpaired) electrons. The second kappa shape index (κ2) is 9.08. The maximum absolute atomic E-state index is 13.8. The number of rotatable bonds is 5. The zero-order valence-electron chi connectivity index (χ0n) is 18.5. The van der Waals surface area contributed by atoms with Crippen molar-refractivity contribution in [1.82, 2.24) is 4.57 Å². The lowest BCUT2D eigenvalue weighted by molar-refractivity contribution is 0.414. The van der Waals surface area contributed by atoms with E-state index in [0.717, 1.165) is 17.3 Å². The van der Waals surface area contributed by atoms with Crippen LogP contribution in [0.5, 0.6) is 17.2 Å². The molecule has 0 amide bonds. The minimum atomic E-state index is -0.816. The quantitative estimate of drug-likeness (QED) is 0.354. The lowest BCUT2D eigenvalue weighted by Crippen LogP contribution is -2.21. The van der Waals surface area contributed by atoms with Gasteiger partial charge in [-0.25, -0.2) is 4.79 Å². The SMILES string of the molecule is COc1ccc(-n2c(-c3ccccc3)cc3oc(=O)c(Sc4ccccc4O)c(O)c3c2=O)cc1. The Hall–Kier alpha value is -4.43. The molecule has 0 aliphatic carbocycles. The maximum atomic E-state index is 13.8. The standard InChI is InChI=1S/C27H19NO6S/c1-33-18-13-11-17(12-14-18)28-19(16-7-3-2-4-8-16)15-21-23(26(28)31)24(30)25(27(32)34-21)35-22-10-6-5-9-20(22)29/h2-15,29-30H,1H3. The molecule has 0 saturated heterocycles. The van der Waals surface area contributed by atoms with E-state index in [1.165, 1.54) is 10.6 Å². The van der Waals surface area contributed by atoms with Gasteiger partial charge in [-0.3, -0.25) is 9.36 Å². The number of ether oxygens (including phenoxy) is 1. The van der Waals surface area contributed by atoms with Crippen molar-refractivity contribution >= 4 is 22.7 Å². The molecule has 0 atom stereocenters. The van der Waals surface area contributed by atoms with Crippen LogP contribution in [0.25, 0.3) is 27.9 Å². The zero-order valence-corrected chi connectivity index (χ0v) is 19.3. The summed E-state index contributed by atoms with van der Waals surface area (Å²) in [5, 5.41) is 21.1. The maximum Gasteiger partial charge on any atom is 0.354 e. The number of fused-ring (bicyclic) bond motifs is 1. The van der Waals surface area contributed by atoms with Gasteiger partial charge < -0.3 is 19.4 Å². The molecule has 0 bridgehead atoms. The van der Waals surface area contributed by atoms with Crippen molar-refractivity contribution in [2.24, 2.45) is 0 Å². The second-order valence-electron chi connectivity index (χ2n) is 7.61. The largest absolute Gasteiger partial charge is 0.507 e. The fourth-order valence-electron chi connectivity index (χ4n) is 3.79. The summed E-state index contributed by atoms with van der Waals surface area (Å²) in [5.41, 5.74) is 0.324. The van der Waals surface area contributed by atoms with Gasteiger partial charge >= 0.3 is 5.63 Å². The van der Waals surface area contributed by atoms with Gasteiger partial charge in [0, 0.05) is 11.8 Å². The molecule has 0 fully saturated rings. The predicted molar refractivity (Wildman–Crippen MR) is 134 cm³/mol. The highest BCUT2D eigenvalue weighted by molar-refractivity contribution is 7.99. The minimum absolute atomic E-state index is 0.0391. The van der Waals surface area contributed by atoms with Gasteiger partial charge in [0.1, 0.15) is 27.4 Å². The van der Waals surface area contributed by atoms with Gasteiger partial charge in [-0.05, 0) is 42.0 Å². The molecule has 0 unspecified atom stereocenters. The van der Waals surface area contributed by atoms with E-state index in [0.29, 0.717) is 22.0 Å². The molecule has 0 aliphatic rings. The molecule has 2 heterocycles. The topological polar surface area (TPSA) is 102 Å². The average molecular weight is 486 g/mol. The average Bonchev–Trinajstić information content (AvgIpc) is 2.88. The van der Waals surface area contributed by atoms with E-state index in [4.69, 9.17) is 9.15 Å². The van der Waals surface area contributed by atoms with Gasteiger partial charge in [0.25, 0.3) is 5.56 Å². The van der Waals surface area contributed by atoms with Crippen LogP contribution < -0.4 is 15.9 Å². The van der Waals surface area contributed by atoms with Crippen molar-refractivity contribution in [3.8, 4) is 34.2 Å². The fraction of sp³-hybridized carbons (Fsp3) is 0.0370. The van der Waals surface area contributed by atoms with Gasteiger partial charge in [0.2, 0.25) is 0 Å². The summed E-state index contributed by atoms with van der Waals surface area (Å²) in [6.07, 6.45) is 0. The Kier molecular flexibility index (Phi) is 5.80. The number of pyridine rings is 1. The van der Waals surface area contributed by atoms with Crippen molar-refractivity contribution in [2.45, 2.75) is 9.79 Å². The highest BCUT2D eigenvalue weighted by Crippen LogP contribution is 2.39. The second-order valence-corrected chi connectivity index (χ2v) is 8.66. The Morgan fingerprint density at radius 2 is 1.57 bits per heavy atom. The van der Waals surface area contributed by atoms with E-state index >= 15 is 0 Å². The minimum Gasteiger partial charge on any atom is -0.507 e. The number of hydrogen-bond acceptors (Lipinski definition) is 7. The molecule has 8 heteroatoms. The van der Waals surface area contributed by atoms with Gasteiger partial charge in [-0.2, -0.15) is 0 Å². The number of methoxy groups -OCH3 is 1. The number of benzene rings is 3. The first kappa shape index (κ1) is 22.4. The molecule has 0 spiro atoms. The smallest absolute Gasteiger partial charge is 0.354 e. The van der Waals surface area contributed by atoms with Gasteiger partial charge in [0.05, 0.1) is 17.7 Å². The van der Waals surface area contributed by atoms with E-state index in [1.54, 1.807) is 55.6 Å². The summed E-state index contributed by atoms with van der Waals surface area (Å²) >= 11 is 0.827. The third-order valence-corrected chi connectivity index (χ3v) is 6.62. The van der Waals surface area contributed by atoms with Crippen LogP contribution in [0.15, 0.2) is 109 Å². The Labute approximate surface area is 203 Å². The van der Waals surface area contributed by atoms with Gasteiger partial charge in [-0.1, -0.05) is 54.2 Å². The summed E-state index contributed by atoms with van der Waals surface area (Å²) in [5.74, 6) is 0.0573. The van der Waals surface area contributed by atoms with Crippen LogP contribution in [0, 0.1) is 0 Å². The third kappa shape index (κ3) is 4.04. The molecule has 0 aliphatic heterocycles. The highest BCUT2D eigenvalue weighted by Gasteiger charge is 2.23. The Bertz CT molecular complexity index is 1660. The van der Waals surface area contributed by atoms with Gasteiger partial charge in [-0.15, -0.1) is 0 Å². The third-order valence-electron chi connectivity index (χ3n) is 5.49.